The molecule has 0 fully saturated rings. The molecule has 0 radical (unpaired) electrons. The lowest BCUT2D eigenvalue weighted by Gasteiger charge is -2.08. The first-order valence-corrected chi connectivity index (χ1v) is 5.37. The third kappa shape index (κ3) is 1.86. The molecular formula is C12H16N4. The second-order valence-corrected chi connectivity index (χ2v) is 3.65. The van der Waals surface area contributed by atoms with Gasteiger partial charge in [-0.15, -0.1) is 0 Å². The molecule has 0 amide bonds. The second-order valence-electron chi connectivity index (χ2n) is 3.65. The SMILES string of the molecule is CCn1nc(C)c(N)c1Nc1ccccc1. The molecule has 16 heavy (non-hydrogen) atoms. The molecule has 1 aromatic carbocycles. The third-order valence-corrected chi connectivity index (χ3v) is 2.51. The van der Waals surface area contributed by atoms with Crippen LogP contribution in [0.2, 0.25) is 0 Å². The molecule has 0 unspecified atom stereocenters. The number of nitrogen functional groups attached to an aromatic ring is 1. The van der Waals surface area contributed by atoms with Gasteiger partial charge in [0.1, 0.15) is 0 Å². The zero-order chi connectivity index (χ0) is 11.5. The van der Waals surface area contributed by atoms with Crippen molar-refractivity contribution >= 4 is 17.2 Å². The van der Waals surface area contributed by atoms with Crippen LogP contribution in [0.5, 0.6) is 0 Å². The monoisotopic (exact) mass is 216 g/mol. The van der Waals surface area contributed by atoms with Crippen LogP contribution in [0.1, 0.15) is 12.6 Å². The quantitative estimate of drug-likeness (QED) is 0.829. The molecule has 2 rings (SSSR count). The summed E-state index contributed by atoms with van der Waals surface area (Å²) in [5.41, 5.74) is 8.57. The summed E-state index contributed by atoms with van der Waals surface area (Å²) in [6.45, 7) is 4.76. The first-order valence-electron chi connectivity index (χ1n) is 5.37. The molecule has 0 atom stereocenters. The summed E-state index contributed by atoms with van der Waals surface area (Å²) in [5.74, 6) is 0.867. The number of nitrogens with zero attached hydrogens (tertiary/aromatic N) is 2. The fraction of sp³-hybridized carbons (Fsp3) is 0.250. The summed E-state index contributed by atoms with van der Waals surface area (Å²) in [4.78, 5) is 0. The minimum atomic E-state index is 0.714. The molecule has 0 aliphatic rings. The van der Waals surface area contributed by atoms with Crippen molar-refractivity contribution in [2.24, 2.45) is 0 Å². The molecule has 2 aromatic rings. The predicted molar refractivity (Wildman–Crippen MR) is 66.8 cm³/mol. The summed E-state index contributed by atoms with van der Waals surface area (Å²) in [6.07, 6.45) is 0. The molecule has 4 heteroatoms. The Labute approximate surface area is 95.1 Å². The smallest absolute Gasteiger partial charge is 0.152 e. The molecule has 84 valence electrons. The van der Waals surface area contributed by atoms with Crippen molar-refractivity contribution < 1.29 is 0 Å². The van der Waals surface area contributed by atoms with Crippen LogP contribution >= 0.6 is 0 Å². The van der Waals surface area contributed by atoms with Crippen LogP contribution < -0.4 is 11.1 Å². The van der Waals surface area contributed by atoms with Gasteiger partial charge in [-0.2, -0.15) is 5.10 Å². The maximum Gasteiger partial charge on any atom is 0.152 e. The van der Waals surface area contributed by atoms with E-state index >= 15 is 0 Å². The van der Waals surface area contributed by atoms with Crippen LogP contribution in [0.4, 0.5) is 17.2 Å². The number of benzene rings is 1. The Hall–Kier alpha value is -1.97. The lowest BCUT2D eigenvalue weighted by atomic mass is 10.3. The van der Waals surface area contributed by atoms with Crippen LogP contribution in [0.25, 0.3) is 0 Å². The third-order valence-electron chi connectivity index (χ3n) is 2.51. The molecule has 3 N–H and O–H groups in total. The van der Waals surface area contributed by atoms with E-state index in [0.29, 0.717) is 5.69 Å². The Morgan fingerprint density at radius 2 is 2.00 bits per heavy atom. The highest BCUT2D eigenvalue weighted by Gasteiger charge is 2.10. The number of aryl methyl sites for hydroxylation is 2. The van der Waals surface area contributed by atoms with Crippen molar-refractivity contribution in [2.45, 2.75) is 20.4 Å². The first kappa shape index (κ1) is 10.5. The molecule has 0 saturated carbocycles. The average molecular weight is 216 g/mol. The summed E-state index contributed by atoms with van der Waals surface area (Å²) in [5, 5.41) is 7.64. The number of anilines is 3. The molecule has 4 nitrogen and oxygen atoms in total. The summed E-state index contributed by atoms with van der Waals surface area (Å²) < 4.78 is 1.87. The number of nitrogens with one attached hydrogen (secondary N) is 1. The molecular weight excluding hydrogens is 200 g/mol. The first-order chi connectivity index (χ1) is 7.72. The van der Waals surface area contributed by atoms with Gasteiger partial charge in [0.25, 0.3) is 0 Å². The summed E-state index contributed by atoms with van der Waals surface area (Å²) in [7, 11) is 0. The lowest BCUT2D eigenvalue weighted by molar-refractivity contribution is 0.661. The Bertz CT molecular complexity index is 473. The minimum Gasteiger partial charge on any atom is -0.394 e. The molecule has 1 aromatic heterocycles. The van der Waals surface area contributed by atoms with Gasteiger partial charge in [-0.25, -0.2) is 4.68 Å². The highest BCUT2D eigenvalue weighted by atomic mass is 15.3. The molecule has 0 saturated heterocycles. The van der Waals surface area contributed by atoms with Gasteiger partial charge in [0.15, 0.2) is 5.82 Å². The number of hydrogen-bond donors (Lipinski definition) is 2. The van der Waals surface area contributed by atoms with Crippen molar-refractivity contribution in [3.05, 3.63) is 36.0 Å². The van der Waals surface area contributed by atoms with E-state index in [2.05, 4.69) is 10.4 Å². The standard InChI is InChI=1S/C12H16N4/c1-3-16-12(11(13)9(2)15-16)14-10-7-5-4-6-8-10/h4-8,14H,3,13H2,1-2H3. The van der Waals surface area contributed by atoms with Crippen LogP contribution in [0.15, 0.2) is 30.3 Å². The van der Waals surface area contributed by atoms with E-state index in [9.17, 15) is 0 Å². The van der Waals surface area contributed by atoms with Crippen LogP contribution in [0, 0.1) is 6.92 Å². The average Bonchev–Trinajstić information content (AvgIpc) is 2.58. The van der Waals surface area contributed by atoms with E-state index in [1.165, 1.54) is 0 Å². The summed E-state index contributed by atoms with van der Waals surface area (Å²) in [6, 6.07) is 9.95. The van der Waals surface area contributed by atoms with Crippen molar-refractivity contribution in [3.8, 4) is 0 Å². The van der Waals surface area contributed by atoms with Crippen molar-refractivity contribution in [1.29, 1.82) is 0 Å². The molecule has 0 spiro atoms. The Kier molecular flexibility index (Phi) is 2.81. The molecule has 0 aliphatic carbocycles. The van der Waals surface area contributed by atoms with Gasteiger partial charge < -0.3 is 11.1 Å². The van der Waals surface area contributed by atoms with Gasteiger partial charge in [0.05, 0.1) is 11.4 Å². The lowest BCUT2D eigenvalue weighted by Crippen LogP contribution is -2.04. The molecule has 0 aliphatic heterocycles. The van der Waals surface area contributed by atoms with E-state index in [0.717, 1.165) is 23.7 Å². The second kappa shape index (κ2) is 4.26. The zero-order valence-corrected chi connectivity index (χ0v) is 9.57. The number of hydrogen-bond acceptors (Lipinski definition) is 3. The van der Waals surface area contributed by atoms with Crippen LogP contribution in [-0.4, -0.2) is 9.78 Å². The fourth-order valence-electron chi connectivity index (χ4n) is 1.61. The van der Waals surface area contributed by atoms with E-state index in [4.69, 9.17) is 5.73 Å². The Morgan fingerprint density at radius 3 is 2.62 bits per heavy atom. The van der Waals surface area contributed by atoms with Crippen molar-refractivity contribution in [2.75, 3.05) is 11.1 Å². The fourth-order valence-corrected chi connectivity index (χ4v) is 1.61. The number of para-hydroxylation sites is 1. The maximum absolute atomic E-state index is 5.98. The predicted octanol–water partition coefficient (Wildman–Crippen LogP) is 2.54. The van der Waals surface area contributed by atoms with E-state index < -0.39 is 0 Å². The Balaban J connectivity index is 2.34. The minimum absolute atomic E-state index is 0.714. The largest absolute Gasteiger partial charge is 0.394 e. The van der Waals surface area contributed by atoms with Gasteiger partial charge in [0.2, 0.25) is 0 Å². The van der Waals surface area contributed by atoms with Crippen LogP contribution in [0.3, 0.4) is 0 Å². The Morgan fingerprint density at radius 1 is 1.31 bits per heavy atom. The number of rotatable bonds is 3. The van der Waals surface area contributed by atoms with Gasteiger partial charge in [-0.1, -0.05) is 18.2 Å². The molecule has 1 heterocycles. The van der Waals surface area contributed by atoms with Crippen molar-refractivity contribution in [1.82, 2.24) is 9.78 Å². The number of aromatic nitrogens is 2. The topological polar surface area (TPSA) is 55.9 Å². The van der Waals surface area contributed by atoms with E-state index in [1.807, 2.05) is 48.9 Å². The highest BCUT2D eigenvalue weighted by Crippen LogP contribution is 2.25. The van der Waals surface area contributed by atoms with Gasteiger partial charge in [0, 0.05) is 12.2 Å². The van der Waals surface area contributed by atoms with Crippen LogP contribution in [-0.2, 0) is 6.54 Å². The zero-order valence-electron chi connectivity index (χ0n) is 9.57. The number of nitrogens with two attached hydrogens (primary N) is 1. The maximum atomic E-state index is 5.98. The normalized spacial score (nSPS) is 10.4. The van der Waals surface area contributed by atoms with E-state index in [1.54, 1.807) is 0 Å². The molecule has 0 bridgehead atoms. The van der Waals surface area contributed by atoms with E-state index in [-0.39, 0.29) is 0 Å². The van der Waals surface area contributed by atoms with Gasteiger partial charge >= 0.3 is 0 Å². The highest BCUT2D eigenvalue weighted by molar-refractivity contribution is 5.71. The summed E-state index contributed by atoms with van der Waals surface area (Å²) >= 11 is 0. The van der Waals surface area contributed by atoms with Gasteiger partial charge in [-0.3, -0.25) is 0 Å². The van der Waals surface area contributed by atoms with Crippen molar-refractivity contribution in [3.63, 3.8) is 0 Å². The van der Waals surface area contributed by atoms with Gasteiger partial charge in [-0.05, 0) is 26.0 Å².